The third-order valence-electron chi connectivity index (χ3n) is 11.7. The highest BCUT2D eigenvalue weighted by Crippen LogP contribution is 2.44. The average molecular weight is 886 g/mol. The smallest absolute Gasteiger partial charge is 0.407 e. The zero-order chi connectivity index (χ0) is 44.7. The minimum Gasteiger partial charge on any atom is -0.462 e. The number of esters is 2. The molecule has 3 aromatic rings. The molecule has 1 heterocycles. The van der Waals surface area contributed by atoms with Gasteiger partial charge in [-0.25, -0.2) is 4.79 Å². The summed E-state index contributed by atoms with van der Waals surface area (Å²) in [7, 11) is 0. The van der Waals surface area contributed by atoms with Crippen LogP contribution in [-0.2, 0) is 35.0 Å². The second-order valence-corrected chi connectivity index (χ2v) is 18.0. The molecule has 0 bridgehead atoms. The van der Waals surface area contributed by atoms with E-state index in [1.165, 1.54) is 88.8 Å². The number of thioether (sulfide) groups is 1. The molecular weight excluding hydrogens is 811 g/mol. The number of alkyl carbamates (subject to hydrolysis) is 1. The fourth-order valence-corrected chi connectivity index (χ4v) is 9.09. The van der Waals surface area contributed by atoms with Gasteiger partial charge in [0.05, 0.1) is 0 Å². The molecule has 2 aromatic carbocycles. The lowest BCUT2D eigenvalue weighted by Crippen LogP contribution is -2.49. The van der Waals surface area contributed by atoms with Crippen LogP contribution in [0, 0.1) is 0 Å². The number of nitrogens with zero attached hydrogens (tertiary/aromatic N) is 1. The van der Waals surface area contributed by atoms with Crippen LogP contribution in [0.5, 0.6) is 0 Å². The van der Waals surface area contributed by atoms with Crippen LogP contribution in [0.3, 0.4) is 0 Å². The number of unbranched alkanes of at least 4 members (excludes halogenated alkanes) is 16. The summed E-state index contributed by atoms with van der Waals surface area (Å²) in [6.07, 6.45) is 24.0. The molecule has 1 aromatic heterocycles. The van der Waals surface area contributed by atoms with Gasteiger partial charge in [0.2, 0.25) is 5.91 Å². The predicted molar refractivity (Wildman–Crippen MR) is 255 cm³/mol. The van der Waals surface area contributed by atoms with Gasteiger partial charge in [0.25, 0.3) is 0 Å². The summed E-state index contributed by atoms with van der Waals surface area (Å²) in [6, 6.07) is 19.1. The molecule has 63 heavy (non-hydrogen) atoms. The topological polar surface area (TPSA) is 133 Å². The Balaban J connectivity index is 1.31. The van der Waals surface area contributed by atoms with E-state index in [1.807, 2.05) is 36.4 Å². The molecule has 2 N–H and O–H groups in total. The lowest BCUT2D eigenvalue weighted by Gasteiger charge is -2.21. The van der Waals surface area contributed by atoms with Crippen LogP contribution >= 0.6 is 11.8 Å². The fraction of sp³-hybridized carbons (Fsp3) is 0.596. The van der Waals surface area contributed by atoms with Crippen molar-refractivity contribution in [3.8, 4) is 11.1 Å². The molecule has 0 radical (unpaired) electrons. The molecule has 4 rings (SSSR count). The van der Waals surface area contributed by atoms with Crippen LogP contribution in [0.25, 0.3) is 11.1 Å². The van der Waals surface area contributed by atoms with Gasteiger partial charge in [-0.3, -0.25) is 19.4 Å². The summed E-state index contributed by atoms with van der Waals surface area (Å²) >= 11 is 1.36. The first kappa shape index (κ1) is 51.3. The molecule has 1 aliphatic carbocycles. The Hall–Kier alpha value is -4.38. The number of carbonyl (C=O) groups is 4. The van der Waals surface area contributed by atoms with Gasteiger partial charge in [0.1, 0.15) is 25.4 Å². The highest BCUT2D eigenvalue weighted by atomic mass is 32.2. The maximum Gasteiger partial charge on any atom is 0.407 e. The standard InChI is InChI=1S/C52H75N3O7S/c1-3-5-7-9-11-13-15-17-19-31-49(56)60-37-42(62-50(57)32-20-18-16-14-12-10-8-6-4-2)39-63-40-48(51(58)54-35-33-41-26-25-34-53-36-41)55-52(59)61-38-47-45-29-23-21-27-43(45)44-28-22-24-30-46(44)47/h21-30,34,36,42,47-48H,3-20,31-33,35,37-40H2,1-2H3,(H,54,58)(H,55,59)/t42-,48+/m1/s1. The molecule has 346 valence electrons. The van der Waals surface area contributed by atoms with Crippen molar-refractivity contribution >= 4 is 35.7 Å². The Morgan fingerprint density at radius 2 is 1.21 bits per heavy atom. The van der Waals surface area contributed by atoms with E-state index in [4.69, 9.17) is 14.2 Å². The second-order valence-electron chi connectivity index (χ2n) is 16.9. The van der Waals surface area contributed by atoms with Crippen LogP contribution < -0.4 is 10.6 Å². The van der Waals surface area contributed by atoms with Crippen LogP contribution in [0.15, 0.2) is 73.1 Å². The summed E-state index contributed by atoms with van der Waals surface area (Å²) in [6.45, 7) is 4.85. The summed E-state index contributed by atoms with van der Waals surface area (Å²) in [5, 5.41) is 5.77. The molecule has 0 saturated heterocycles. The number of hydrogen-bond donors (Lipinski definition) is 2. The van der Waals surface area contributed by atoms with Crippen LogP contribution in [0.2, 0.25) is 0 Å². The van der Waals surface area contributed by atoms with Crippen molar-refractivity contribution in [1.82, 2.24) is 15.6 Å². The van der Waals surface area contributed by atoms with Crippen LogP contribution in [0.1, 0.15) is 165 Å². The molecule has 0 unspecified atom stereocenters. The number of benzene rings is 2. The van der Waals surface area contributed by atoms with Crippen LogP contribution in [0.4, 0.5) is 4.79 Å². The van der Waals surface area contributed by atoms with Crippen molar-refractivity contribution in [2.24, 2.45) is 0 Å². The molecular formula is C52H75N3O7S. The number of nitrogens with one attached hydrogen (secondary N) is 2. The second kappa shape index (κ2) is 31.5. The first-order valence-corrected chi connectivity index (χ1v) is 25.3. The van der Waals surface area contributed by atoms with E-state index < -0.39 is 18.2 Å². The van der Waals surface area contributed by atoms with Gasteiger partial charge in [0, 0.05) is 49.2 Å². The molecule has 0 fully saturated rings. The molecule has 0 saturated carbocycles. The van der Waals surface area contributed by atoms with E-state index in [1.54, 1.807) is 12.4 Å². The third kappa shape index (κ3) is 20.3. The minimum atomic E-state index is -0.938. The SMILES string of the molecule is CCCCCCCCCCCC(=O)OC[C@H](CSC[C@H](NC(=O)OCC1c2ccccc2-c2ccccc21)C(=O)NCCc1cccnc1)OC(=O)CCCCCCCCCCC. The number of hydrogen-bond acceptors (Lipinski definition) is 9. The fourth-order valence-electron chi connectivity index (χ4n) is 8.06. The summed E-state index contributed by atoms with van der Waals surface area (Å²) in [4.78, 5) is 57.1. The number of aromatic nitrogens is 1. The molecule has 0 aliphatic heterocycles. The number of carbonyl (C=O) groups excluding carboxylic acids is 4. The molecule has 1 aliphatic rings. The Morgan fingerprint density at radius 1 is 0.651 bits per heavy atom. The van der Waals surface area contributed by atoms with Gasteiger partial charge in [0.15, 0.2) is 0 Å². The zero-order valence-corrected chi connectivity index (χ0v) is 39.1. The lowest BCUT2D eigenvalue weighted by molar-refractivity contribution is -0.157. The number of fused-ring (bicyclic) bond motifs is 3. The lowest BCUT2D eigenvalue weighted by atomic mass is 9.98. The van der Waals surface area contributed by atoms with Crippen molar-refractivity contribution in [1.29, 1.82) is 0 Å². The Morgan fingerprint density at radius 3 is 1.78 bits per heavy atom. The van der Waals surface area contributed by atoms with Crippen molar-refractivity contribution in [2.75, 3.05) is 31.3 Å². The number of ether oxygens (including phenoxy) is 3. The maximum atomic E-state index is 13.6. The largest absolute Gasteiger partial charge is 0.462 e. The van der Waals surface area contributed by atoms with Gasteiger partial charge >= 0.3 is 18.0 Å². The summed E-state index contributed by atoms with van der Waals surface area (Å²) < 4.78 is 17.4. The Kier molecular flexibility index (Phi) is 25.6. The average Bonchev–Trinajstić information content (AvgIpc) is 3.62. The van der Waals surface area contributed by atoms with E-state index in [-0.39, 0.29) is 48.5 Å². The zero-order valence-electron chi connectivity index (χ0n) is 38.3. The monoisotopic (exact) mass is 886 g/mol. The van der Waals surface area contributed by atoms with E-state index >= 15 is 0 Å². The van der Waals surface area contributed by atoms with E-state index in [0.717, 1.165) is 66.3 Å². The van der Waals surface area contributed by atoms with E-state index in [0.29, 0.717) is 25.8 Å². The van der Waals surface area contributed by atoms with Crippen LogP contribution in [-0.4, -0.2) is 72.3 Å². The third-order valence-corrected chi connectivity index (χ3v) is 12.8. The normalized spacial score (nSPS) is 12.8. The van der Waals surface area contributed by atoms with Crippen molar-refractivity contribution in [3.63, 3.8) is 0 Å². The number of amides is 2. The maximum absolute atomic E-state index is 13.6. The molecule has 2 atom stereocenters. The van der Waals surface area contributed by atoms with E-state index in [9.17, 15) is 19.2 Å². The van der Waals surface area contributed by atoms with E-state index in [2.05, 4.69) is 53.7 Å². The van der Waals surface area contributed by atoms with Gasteiger partial charge in [-0.2, -0.15) is 11.8 Å². The molecule has 0 spiro atoms. The van der Waals surface area contributed by atoms with Crippen molar-refractivity contribution in [3.05, 3.63) is 89.7 Å². The summed E-state index contributed by atoms with van der Waals surface area (Å²) in [5.74, 6) is -0.641. The number of rotatable bonds is 34. The Labute approximate surface area is 382 Å². The van der Waals surface area contributed by atoms with Gasteiger partial charge < -0.3 is 24.8 Å². The molecule has 2 amide bonds. The Bertz CT molecular complexity index is 1710. The van der Waals surface area contributed by atoms with Gasteiger partial charge in [-0.15, -0.1) is 0 Å². The highest BCUT2D eigenvalue weighted by Gasteiger charge is 2.30. The summed E-state index contributed by atoms with van der Waals surface area (Å²) in [5.41, 5.74) is 5.43. The highest BCUT2D eigenvalue weighted by molar-refractivity contribution is 7.99. The van der Waals surface area contributed by atoms with Crippen molar-refractivity contribution in [2.45, 2.75) is 167 Å². The minimum absolute atomic E-state index is 0.0610. The first-order chi connectivity index (χ1) is 30.9. The predicted octanol–water partition coefficient (Wildman–Crippen LogP) is 11.7. The van der Waals surface area contributed by atoms with Gasteiger partial charge in [-0.05, 0) is 53.1 Å². The van der Waals surface area contributed by atoms with Crippen molar-refractivity contribution < 1.29 is 33.4 Å². The number of pyridine rings is 1. The quantitative estimate of drug-likeness (QED) is 0.0342. The molecule has 10 nitrogen and oxygen atoms in total. The molecule has 11 heteroatoms. The first-order valence-electron chi connectivity index (χ1n) is 24.1. The van der Waals surface area contributed by atoms with Gasteiger partial charge in [-0.1, -0.05) is 171 Å².